The first-order valence-electron chi connectivity index (χ1n) is 2.08. The fourth-order valence-electron chi connectivity index (χ4n) is 0.112. The van der Waals surface area contributed by atoms with Gasteiger partial charge in [0.15, 0.2) is 0 Å². The normalized spacial score (nSPS) is 8.57. The molecule has 1 radical (unpaired) electrons. The van der Waals surface area contributed by atoms with Crippen molar-refractivity contribution < 1.29 is 18.6 Å². The van der Waals surface area contributed by atoms with E-state index in [0.717, 1.165) is 13.1 Å². The van der Waals surface area contributed by atoms with E-state index in [1.807, 2.05) is 11.9 Å². The van der Waals surface area contributed by atoms with Gasteiger partial charge in [-0.3, -0.25) is 0 Å². The van der Waals surface area contributed by atoms with Crippen LogP contribution in [0.15, 0.2) is 0 Å². The molecule has 0 heterocycles. The SMILES string of the molecule is [CH2-]CN(C)C[CH2-].[V+2]. The van der Waals surface area contributed by atoms with Crippen molar-refractivity contribution in [2.24, 2.45) is 0 Å². The molecular weight excluding hydrogens is 125 g/mol. The zero-order valence-corrected chi connectivity index (χ0v) is 6.12. The summed E-state index contributed by atoms with van der Waals surface area (Å²) < 4.78 is 0. The summed E-state index contributed by atoms with van der Waals surface area (Å²) in [5, 5.41) is 0. The number of nitrogens with zero attached hydrogens (tertiary/aromatic N) is 1. The Balaban J connectivity index is 0. The molecule has 0 atom stereocenters. The second-order valence-electron chi connectivity index (χ2n) is 1.30. The van der Waals surface area contributed by atoms with Crippen molar-refractivity contribution in [1.29, 1.82) is 0 Å². The summed E-state index contributed by atoms with van der Waals surface area (Å²) in [7, 11) is 1.99. The number of hydrogen-bond donors (Lipinski definition) is 0. The summed E-state index contributed by atoms with van der Waals surface area (Å²) in [5.41, 5.74) is 0. The largest absolute Gasteiger partial charge is 2.00 e. The average molecular weight is 136 g/mol. The van der Waals surface area contributed by atoms with E-state index < -0.39 is 0 Å². The quantitative estimate of drug-likeness (QED) is 0.502. The van der Waals surface area contributed by atoms with Gasteiger partial charge in [-0.1, -0.05) is 0 Å². The van der Waals surface area contributed by atoms with Crippen LogP contribution in [-0.2, 0) is 18.6 Å². The summed E-state index contributed by atoms with van der Waals surface area (Å²) in [6.45, 7) is 8.99. The standard InChI is InChI=1S/C5H11N.V/c1-4-6(3)5-2;/h1-2,4-5H2,3H3;/q-2;+2. The second kappa shape index (κ2) is 6.54. The summed E-state index contributed by atoms with van der Waals surface area (Å²) in [5.74, 6) is 0. The predicted molar refractivity (Wildman–Crippen MR) is 28.2 cm³/mol. The van der Waals surface area contributed by atoms with Crippen LogP contribution < -0.4 is 0 Å². The molecule has 0 aromatic rings. The molecule has 0 N–H and O–H groups in total. The van der Waals surface area contributed by atoms with Gasteiger partial charge in [0.25, 0.3) is 0 Å². The smallest absolute Gasteiger partial charge is 0.365 e. The first-order chi connectivity index (χ1) is 2.81. The molecule has 0 saturated carbocycles. The molecule has 1 nitrogen and oxygen atoms in total. The molecule has 0 unspecified atom stereocenters. The summed E-state index contributed by atoms with van der Waals surface area (Å²) in [4.78, 5) is 2.03. The van der Waals surface area contributed by atoms with E-state index in [-0.39, 0.29) is 18.6 Å². The van der Waals surface area contributed by atoms with Crippen molar-refractivity contribution >= 4 is 0 Å². The molecule has 0 aromatic carbocycles. The molecule has 0 amide bonds. The van der Waals surface area contributed by atoms with E-state index in [1.165, 1.54) is 0 Å². The number of rotatable bonds is 2. The molecule has 0 aliphatic carbocycles. The Kier molecular flexibility index (Phi) is 9.83. The van der Waals surface area contributed by atoms with Gasteiger partial charge in [0.2, 0.25) is 0 Å². The van der Waals surface area contributed by atoms with Crippen LogP contribution in [0.4, 0.5) is 0 Å². The second-order valence-corrected chi connectivity index (χ2v) is 1.30. The van der Waals surface area contributed by atoms with Gasteiger partial charge >= 0.3 is 18.6 Å². The Morgan fingerprint density at radius 1 is 1.29 bits per heavy atom. The van der Waals surface area contributed by atoms with E-state index >= 15 is 0 Å². The van der Waals surface area contributed by atoms with Crippen LogP contribution in [-0.4, -0.2) is 25.0 Å². The Morgan fingerprint density at radius 2 is 1.57 bits per heavy atom. The molecule has 0 aliphatic heterocycles. The van der Waals surface area contributed by atoms with Crippen molar-refractivity contribution in [3.8, 4) is 0 Å². The van der Waals surface area contributed by atoms with Crippen LogP contribution in [0, 0.1) is 13.8 Å². The molecule has 0 bridgehead atoms. The van der Waals surface area contributed by atoms with Crippen molar-refractivity contribution in [3.05, 3.63) is 13.8 Å². The van der Waals surface area contributed by atoms with Gasteiger partial charge in [0.05, 0.1) is 0 Å². The van der Waals surface area contributed by atoms with Gasteiger partial charge in [-0.15, -0.1) is 13.1 Å². The minimum absolute atomic E-state index is 0. The Hall–Kier alpha value is 0.544. The van der Waals surface area contributed by atoms with Gasteiger partial charge in [-0.25, -0.2) is 0 Å². The maximum Gasteiger partial charge on any atom is 2.00 e. The molecule has 0 saturated heterocycles. The number of hydrogen-bond acceptors (Lipinski definition) is 1. The molecule has 2 heteroatoms. The van der Waals surface area contributed by atoms with Crippen molar-refractivity contribution in [2.75, 3.05) is 20.1 Å². The van der Waals surface area contributed by atoms with Crippen LogP contribution in [0.2, 0.25) is 0 Å². The van der Waals surface area contributed by atoms with Crippen molar-refractivity contribution in [2.45, 2.75) is 0 Å². The Morgan fingerprint density at radius 3 is 1.57 bits per heavy atom. The Bertz CT molecular complexity index is 27.3. The van der Waals surface area contributed by atoms with E-state index in [4.69, 9.17) is 0 Å². The molecule has 0 spiro atoms. The zero-order chi connectivity index (χ0) is 4.99. The van der Waals surface area contributed by atoms with Crippen LogP contribution in [0.25, 0.3) is 0 Å². The van der Waals surface area contributed by atoms with Crippen molar-refractivity contribution in [1.82, 2.24) is 4.90 Å². The van der Waals surface area contributed by atoms with Crippen LogP contribution in [0.1, 0.15) is 0 Å². The molecule has 0 aromatic heterocycles. The molecule has 7 heavy (non-hydrogen) atoms. The van der Waals surface area contributed by atoms with E-state index in [1.54, 1.807) is 0 Å². The third-order valence-electron chi connectivity index (χ3n) is 0.763. The average Bonchev–Trinajstić information content (AvgIpc) is 1.65. The zero-order valence-electron chi connectivity index (χ0n) is 4.72. The van der Waals surface area contributed by atoms with Gasteiger partial charge in [0, 0.05) is 0 Å². The maximum absolute atomic E-state index is 3.64. The van der Waals surface area contributed by atoms with E-state index in [9.17, 15) is 0 Å². The van der Waals surface area contributed by atoms with Gasteiger partial charge in [-0.2, -0.15) is 0 Å². The molecule has 0 aliphatic rings. The summed E-state index contributed by atoms with van der Waals surface area (Å²) >= 11 is 0. The first-order valence-corrected chi connectivity index (χ1v) is 2.08. The van der Waals surface area contributed by atoms with E-state index in [2.05, 4.69) is 13.8 Å². The maximum atomic E-state index is 3.64. The van der Waals surface area contributed by atoms with Crippen LogP contribution >= 0.6 is 0 Å². The molecular formula is C5H11NV. The molecule has 0 fully saturated rings. The monoisotopic (exact) mass is 136 g/mol. The van der Waals surface area contributed by atoms with Gasteiger partial charge in [-0.05, 0) is 7.05 Å². The molecule has 41 valence electrons. The van der Waals surface area contributed by atoms with E-state index in [0.29, 0.717) is 0 Å². The van der Waals surface area contributed by atoms with Crippen molar-refractivity contribution in [3.63, 3.8) is 0 Å². The Labute approximate surface area is 58.0 Å². The first kappa shape index (κ1) is 10.5. The van der Waals surface area contributed by atoms with Crippen LogP contribution in [0.3, 0.4) is 0 Å². The minimum Gasteiger partial charge on any atom is -0.365 e. The fraction of sp³-hybridized carbons (Fsp3) is 0.600. The van der Waals surface area contributed by atoms with Gasteiger partial charge < -0.3 is 18.7 Å². The fourth-order valence-corrected chi connectivity index (χ4v) is 0.112. The predicted octanol–water partition coefficient (Wildman–Crippen LogP) is 0.584. The topological polar surface area (TPSA) is 3.24 Å². The van der Waals surface area contributed by atoms with Gasteiger partial charge in [0.1, 0.15) is 0 Å². The summed E-state index contributed by atoms with van der Waals surface area (Å²) in [6, 6.07) is 0. The molecule has 0 rings (SSSR count). The third kappa shape index (κ3) is 6.54. The summed E-state index contributed by atoms with van der Waals surface area (Å²) in [6.07, 6.45) is 0. The van der Waals surface area contributed by atoms with Crippen LogP contribution in [0.5, 0.6) is 0 Å². The third-order valence-corrected chi connectivity index (χ3v) is 0.763. The minimum atomic E-state index is 0.